The first kappa shape index (κ1) is 10.4. The summed E-state index contributed by atoms with van der Waals surface area (Å²) >= 11 is 0. The van der Waals surface area contributed by atoms with Gasteiger partial charge in [0.2, 0.25) is 0 Å². The van der Waals surface area contributed by atoms with Gasteiger partial charge < -0.3 is 10.6 Å². The highest BCUT2D eigenvalue weighted by Crippen LogP contribution is 2.30. The van der Waals surface area contributed by atoms with Crippen LogP contribution < -0.4 is 10.6 Å². The standard InChI is InChI=1S/C11H18N4/c1-9-3-6-11(14-13-9)15(8-2-7-12)10-4-5-10/h3,6,10H,2,4-5,7-8,12H2,1H3. The van der Waals surface area contributed by atoms with E-state index in [2.05, 4.69) is 21.2 Å². The van der Waals surface area contributed by atoms with Gasteiger partial charge >= 0.3 is 0 Å². The maximum absolute atomic E-state index is 5.54. The van der Waals surface area contributed by atoms with Crippen molar-refractivity contribution in [1.29, 1.82) is 0 Å². The van der Waals surface area contributed by atoms with Gasteiger partial charge in [-0.15, -0.1) is 5.10 Å². The van der Waals surface area contributed by atoms with E-state index in [1.807, 2.05) is 13.0 Å². The topological polar surface area (TPSA) is 55.0 Å². The second-order valence-corrected chi connectivity index (χ2v) is 4.10. The van der Waals surface area contributed by atoms with Crippen molar-refractivity contribution in [2.45, 2.75) is 32.2 Å². The lowest BCUT2D eigenvalue weighted by atomic mass is 10.3. The Hall–Kier alpha value is -1.16. The van der Waals surface area contributed by atoms with E-state index >= 15 is 0 Å². The molecule has 2 rings (SSSR count). The summed E-state index contributed by atoms with van der Waals surface area (Å²) < 4.78 is 0. The molecule has 1 aromatic heterocycles. The fraction of sp³-hybridized carbons (Fsp3) is 0.636. The zero-order valence-corrected chi connectivity index (χ0v) is 9.19. The number of hydrogen-bond donors (Lipinski definition) is 1. The Labute approximate surface area is 90.5 Å². The van der Waals surface area contributed by atoms with Gasteiger partial charge in [-0.05, 0) is 44.9 Å². The highest BCUT2D eigenvalue weighted by molar-refractivity contribution is 5.40. The predicted octanol–water partition coefficient (Wildman–Crippen LogP) is 1.10. The van der Waals surface area contributed by atoms with Gasteiger partial charge in [0.1, 0.15) is 0 Å². The van der Waals surface area contributed by atoms with Gasteiger partial charge in [-0.3, -0.25) is 0 Å². The molecule has 15 heavy (non-hydrogen) atoms. The quantitative estimate of drug-likeness (QED) is 0.784. The van der Waals surface area contributed by atoms with E-state index in [9.17, 15) is 0 Å². The van der Waals surface area contributed by atoms with Gasteiger partial charge in [0.05, 0.1) is 5.69 Å². The van der Waals surface area contributed by atoms with Crippen LogP contribution in [-0.4, -0.2) is 29.3 Å². The van der Waals surface area contributed by atoms with Gasteiger partial charge in [-0.2, -0.15) is 5.10 Å². The lowest BCUT2D eigenvalue weighted by molar-refractivity contribution is 0.714. The minimum Gasteiger partial charge on any atom is -0.352 e. The lowest BCUT2D eigenvalue weighted by Gasteiger charge is -2.22. The SMILES string of the molecule is Cc1ccc(N(CCCN)C2CC2)nn1. The van der Waals surface area contributed by atoms with Crippen molar-refractivity contribution >= 4 is 5.82 Å². The Kier molecular flexibility index (Phi) is 3.16. The van der Waals surface area contributed by atoms with Crippen LogP contribution in [0.3, 0.4) is 0 Å². The molecule has 0 aliphatic heterocycles. The summed E-state index contributed by atoms with van der Waals surface area (Å²) in [6.45, 7) is 3.69. The van der Waals surface area contributed by atoms with Crippen LogP contribution in [0.1, 0.15) is 25.0 Å². The lowest BCUT2D eigenvalue weighted by Crippen LogP contribution is -2.29. The third kappa shape index (κ3) is 2.65. The molecule has 0 atom stereocenters. The molecule has 82 valence electrons. The fourth-order valence-electron chi connectivity index (χ4n) is 1.68. The maximum atomic E-state index is 5.54. The first-order valence-corrected chi connectivity index (χ1v) is 5.58. The van der Waals surface area contributed by atoms with Crippen molar-refractivity contribution in [3.8, 4) is 0 Å². The Bertz CT molecular complexity index is 305. The Morgan fingerprint density at radius 2 is 2.20 bits per heavy atom. The molecule has 0 amide bonds. The Morgan fingerprint density at radius 3 is 2.73 bits per heavy atom. The average molecular weight is 206 g/mol. The van der Waals surface area contributed by atoms with E-state index in [-0.39, 0.29) is 0 Å². The first-order valence-electron chi connectivity index (χ1n) is 5.58. The predicted molar refractivity (Wildman–Crippen MR) is 60.8 cm³/mol. The summed E-state index contributed by atoms with van der Waals surface area (Å²) in [7, 11) is 0. The van der Waals surface area contributed by atoms with Crippen molar-refractivity contribution in [3.05, 3.63) is 17.8 Å². The van der Waals surface area contributed by atoms with Crippen molar-refractivity contribution in [2.75, 3.05) is 18.0 Å². The molecule has 1 saturated carbocycles. The number of anilines is 1. The molecule has 1 aliphatic rings. The second kappa shape index (κ2) is 4.57. The van der Waals surface area contributed by atoms with Crippen molar-refractivity contribution in [1.82, 2.24) is 10.2 Å². The van der Waals surface area contributed by atoms with Gasteiger partial charge in [-0.25, -0.2) is 0 Å². The summed E-state index contributed by atoms with van der Waals surface area (Å²) in [5.41, 5.74) is 6.50. The molecule has 0 aromatic carbocycles. The van der Waals surface area contributed by atoms with E-state index in [4.69, 9.17) is 5.73 Å². The molecule has 1 aliphatic carbocycles. The highest BCUT2D eigenvalue weighted by atomic mass is 15.3. The number of aryl methyl sites for hydroxylation is 1. The number of nitrogens with zero attached hydrogens (tertiary/aromatic N) is 3. The number of aromatic nitrogens is 2. The van der Waals surface area contributed by atoms with E-state index < -0.39 is 0 Å². The largest absolute Gasteiger partial charge is 0.352 e. The van der Waals surface area contributed by atoms with Crippen LogP contribution in [-0.2, 0) is 0 Å². The van der Waals surface area contributed by atoms with Crippen LogP contribution in [0, 0.1) is 6.92 Å². The minimum atomic E-state index is 0.675. The molecule has 1 fully saturated rings. The molecule has 1 aromatic rings. The van der Waals surface area contributed by atoms with Gasteiger partial charge in [0.15, 0.2) is 5.82 Å². The van der Waals surface area contributed by atoms with E-state index in [1.54, 1.807) is 0 Å². The average Bonchev–Trinajstić information content (AvgIpc) is 3.05. The van der Waals surface area contributed by atoms with Crippen LogP contribution in [0.25, 0.3) is 0 Å². The molecule has 0 radical (unpaired) electrons. The highest BCUT2D eigenvalue weighted by Gasteiger charge is 2.29. The van der Waals surface area contributed by atoms with Crippen molar-refractivity contribution in [3.63, 3.8) is 0 Å². The summed E-state index contributed by atoms with van der Waals surface area (Å²) in [5, 5.41) is 8.32. The molecule has 2 N–H and O–H groups in total. The summed E-state index contributed by atoms with van der Waals surface area (Å²) in [6, 6.07) is 4.74. The Balaban J connectivity index is 2.06. The van der Waals surface area contributed by atoms with Crippen molar-refractivity contribution < 1.29 is 0 Å². The molecule has 0 bridgehead atoms. The summed E-state index contributed by atoms with van der Waals surface area (Å²) in [5.74, 6) is 0.997. The minimum absolute atomic E-state index is 0.675. The summed E-state index contributed by atoms with van der Waals surface area (Å²) in [6.07, 6.45) is 3.58. The van der Waals surface area contributed by atoms with Gasteiger partial charge in [0.25, 0.3) is 0 Å². The number of nitrogens with two attached hydrogens (primary N) is 1. The van der Waals surface area contributed by atoms with E-state index in [0.29, 0.717) is 6.04 Å². The maximum Gasteiger partial charge on any atom is 0.151 e. The van der Waals surface area contributed by atoms with Crippen LogP contribution in [0.5, 0.6) is 0 Å². The van der Waals surface area contributed by atoms with Crippen LogP contribution in [0.2, 0.25) is 0 Å². The Morgan fingerprint density at radius 1 is 1.40 bits per heavy atom. The van der Waals surface area contributed by atoms with Gasteiger partial charge in [0, 0.05) is 12.6 Å². The molecule has 4 nitrogen and oxygen atoms in total. The molecule has 0 spiro atoms. The normalized spacial score (nSPS) is 15.3. The molecular formula is C11H18N4. The van der Waals surface area contributed by atoms with Gasteiger partial charge in [-0.1, -0.05) is 0 Å². The fourth-order valence-corrected chi connectivity index (χ4v) is 1.68. The summed E-state index contributed by atoms with van der Waals surface area (Å²) in [4.78, 5) is 2.33. The molecule has 0 unspecified atom stereocenters. The second-order valence-electron chi connectivity index (χ2n) is 4.10. The van der Waals surface area contributed by atoms with E-state index in [0.717, 1.165) is 31.0 Å². The smallest absolute Gasteiger partial charge is 0.151 e. The number of rotatable bonds is 5. The molecule has 4 heteroatoms. The third-order valence-corrected chi connectivity index (χ3v) is 2.67. The van der Waals surface area contributed by atoms with Crippen molar-refractivity contribution in [2.24, 2.45) is 5.73 Å². The van der Waals surface area contributed by atoms with Crippen LogP contribution in [0.15, 0.2) is 12.1 Å². The molecule has 0 saturated heterocycles. The molecule has 1 heterocycles. The first-order chi connectivity index (χ1) is 7.31. The van der Waals surface area contributed by atoms with E-state index in [1.165, 1.54) is 12.8 Å². The molecular weight excluding hydrogens is 188 g/mol. The zero-order valence-electron chi connectivity index (χ0n) is 9.19. The van der Waals surface area contributed by atoms with Crippen LogP contribution in [0.4, 0.5) is 5.82 Å². The zero-order chi connectivity index (χ0) is 10.7. The third-order valence-electron chi connectivity index (χ3n) is 2.67. The van der Waals surface area contributed by atoms with Crippen LogP contribution >= 0.6 is 0 Å². The number of hydrogen-bond acceptors (Lipinski definition) is 4. The monoisotopic (exact) mass is 206 g/mol.